The average Bonchev–Trinajstić information content (AvgIpc) is 2.02. The summed E-state index contributed by atoms with van der Waals surface area (Å²) in [6.45, 7) is 2.07. The van der Waals surface area contributed by atoms with Crippen LogP contribution < -0.4 is 0 Å². The van der Waals surface area contributed by atoms with Crippen LogP contribution in [0.25, 0.3) is 0 Å². The van der Waals surface area contributed by atoms with Gasteiger partial charge >= 0.3 is 5.97 Å². The molecule has 2 rings (SSSR count). The monoisotopic (exact) mass is 215 g/mol. The van der Waals surface area contributed by atoms with Gasteiger partial charge in [-0.2, -0.15) is 0 Å². The fraction of sp³-hybridized carbons (Fsp3) is 0.333. The van der Waals surface area contributed by atoms with Crippen LogP contribution in [0.15, 0.2) is 6.07 Å². The van der Waals surface area contributed by atoms with Gasteiger partial charge in [0, 0.05) is 12.5 Å². The number of halogens is 1. The maximum Gasteiger partial charge on any atom is 0.340 e. The Bertz CT molecular complexity index is 379. The fourth-order valence-electron chi connectivity index (χ4n) is 1.52. The van der Waals surface area contributed by atoms with Gasteiger partial charge < -0.3 is 9.84 Å². The van der Waals surface area contributed by atoms with E-state index in [0.29, 0.717) is 24.3 Å². The lowest BCUT2D eigenvalue weighted by molar-refractivity contribution is 0.0478. The first-order valence-corrected chi connectivity index (χ1v) is 4.05. The van der Waals surface area contributed by atoms with Crippen molar-refractivity contribution in [2.75, 3.05) is 6.61 Å². The molecule has 1 aromatic heterocycles. The highest BCUT2D eigenvalue weighted by molar-refractivity contribution is 5.93. The molecule has 0 unspecified atom stereocenters. The van der Waals surface area contributed by atoms with Gasteiger partial charge in [-0.15, -0.1) is 12.4 Å². The number of hydrogen-bond acceptors (Lipinski definition) is 4. The van der Waals surface area contributed by atoms with E-state index in [-0.39, 0.29) is 24.3 Å². The Hall–Kier alpha value is -1.29. The van der Waals surface area contributed by atoms with Gasteiger partial charge in [-0.05, 0) is 12.5 Å². The van der Waals surface area contributed by atoms with E-state index in [0.717, 1.165) is 5.56 Å². The Balaban J connectivity index is 0.000000980. The highest BCUT2D eigenvalue weighted by atomic mass is 35.5. The average molecular weight is 216 g/mol. The smallest absolute Gasteiger partial charge is 0.340 e. The number of aromatic hydroxyl groups is 1. The molecular formula is C9H10ClNO3. The minimum absolute atomic E-state index is 0. The number of pyridine rings is 1. The number of carbonyl (C=O) groups is 1. The Kier molecular flexibility index (Phi) is 2.96. The maximum atomic E-state index is 11.3. The SMILES string of the molecule is Cc1nc(O)cc2c1C(=O)OCC2.Cl. The molecule has 14 heavy (non-hydrogen) atoms. The molecule has 0 radical (unpaired) electrons. The second kappa shape index (κ2) is 3.84. The van der Waals surface area contributed by atoms with E-state index in [1.54, 1.807) is 6.92 Å². The highest BCUT2D eigenvalue weighted by Crippen LogP contribution is 2.22. The zero-order valence-electron chi connectivity index (χ0n) is 7.61. The Morgan fingerprint density at radius 3 is 3.00 bits per heavy atom. The molecule has 0 amide bonds. The molecule has 76 valence electrons. The van der Waals surface area contributed by atoms with E-state index in [1.165, 1.54) is 6.07 Å². The topological polar surface area (TPSA) is 59.4 Å². The van der Waals surface area contributed by atoms with Crippen LogP contribution in [0.5, 0.6) is 5.88 Å². The van der Waals surface area contributed by atoms with Crippen molar-refractivity contribution < 1.29 is 14.6 Å². The minimum Gasteiger partial charge on any atom is -0.493 e. The van der Waals surface area contributed by atoms with E-state index in [2.05, 4.69) is 4.98 Å². The third-order valence-electron chi connectivity index (χ3n) is 2.08. The summed E-state index contributed by atoms with van der Waals surface area (Å²) in [7, 11) is 0. The van der Waals surface area contributed by atoms with Crippen molar-refractivity contribution in [2.24, 2.45) is 0 Å². The number of rotatable bonds is 0. The molecule has 0 aliphatic carbocycles. The number of hydrogen-bond donors (Lipinski definition) is 1. The van der Waals surface area contributed by atoms with E-state index >= 15 is 0 Å². The van der Waals surface area contributed by atoms with Crippen molar-refractivity contribution in [3.63, 3.8) is 0 Å². The first kappa shape index (κ1) is 10.8. The number of aryl methyl sites for hydroxylation is 1. The summed E-state index contributed by atoms with van der Waals surface area (Å²) in [6.07, 6.45) is 0.651. The Morgan fingerprint density at radius 2 is 2.29 bits per heavy atom. The second-order valence-corrected chi connectivity index (χ2v) is 2.99. The summed E-state index contributed by atoms with van der Waals surface area (Å²) in [4.78, 5) is 15.1. The van der Waals surface area contributed by atoms with E-state index in [1.807, 2.05) is 0 Å². The number of nitrogens with zero attached hydrogens (tertiary/aromatic N) is 1. The molecule has 1 aliphatic heterocycles. The van der Waals surface area contributed by atoms with Crippen molar-refractivity contribution >= 4 is 18.4 Å². The number of ether oxygens (including phenoxy) is 1. The van der Waals surface area contributed by atoms with Crippen molar-refractivity contribution in [1.29, 1.82) is 0 Å². The Labute approximate surface area is 87.3 Å². The number of cyclic esters (lactones) is 1. The van der Waals surface area contributed by atoms with Gasteiger partial charge in [-0.25, -0.2) is 9.78 Å². The molecule has 0 aromatic carbocycles. The number of aromatic nitrogens is 1. The van der Waals surface area contributed by atoms with Crippen molar-refractivity contribution in [2.45, 2.75) is 13.3 Å². The summed E-state index contributed by atoms with van der Waals surface area (Å²) < 4.78 is 4.86. The van der Waals surface area contributed by atoms with Gasteiger partial charge in [0.05, 0.1) is 17.9 Å². The molecule has 0 atom stereocenters. The molecule has 0 bridgehead atoms. The van der Waals surface area contributed by atoms with Gasteiger partial charge in [0.1, 0.15) is 0 Å². The van der Waals surface area contributed by atoms with Crippen LogP contribution in [-0.4, -0.2) is 22.7 Å². The normalized spacial score (nSPS) is 13.9. The number of esters is 1. The summed E-state index contributed by atoms with van der Waals surface area (Å²) in [5, 5.41) is 9.19. The molecule has 2 heterocycles. The van der Waals surface area contributed by atoms with Crippen molar-refractivity contribution in [3.8, 4) is 5.88 Å². The Morgan fingerprint density at radius 1 is 1.57 bits per heavy atom. The summed E-state index contributed by atoms with van der Waals surface area (Å²) in [5.41, 5.74) is 1.85. The minimum atomic E-state index is -0.341. The van der Waals surface area contributed by atoms with Gasteiger partial charge in [0.2, 0.25) is 5.88 Å². The van der Waals surface area contributed by atoms with Gasteiger partial charge in [-0.1, -0.05) is 0 Å². The standard InChI is InChI=1S/C9H9NO3.ClH/c1-5-8-6(4-7(11)10-5)2-3-13-9(8)12;/h4H,2-3H2,1H3,(H,10,11);1H. The summed E-state index contributed by atoms with van der Waals surface area (Å²) in [6, 6.07) is 1.52. The first-order chi connectivity index (χ1) is 6.18. The third-order valence-corrected chi connectivity index (χ3v) is 2.08. The van der Waals surface area contributed by atoms with E-state index < -0.39 is 0 Å². The molecule has 1 aromatic rings. The van der Waals surface area contributed by atoms with E-state index in [4.69, 9.17) is 4.74 Å². The largest absolute Gasteiger partial charge is 0.493 e. The molecule has 0 saturated heterocycles. The lowest BCUT2D eigenvalue weighted by Gasteiger charge is -2.16. The van der Waals surface area contributed by atoms with Crippen molar-refractivity contribution in [1.82, 2.24) is 4.98 Å². The van der Waals surface area contributed by atoms with Gasteiger partial charge in [0.15, 0.2) is 0 Å². The van der Waals surface area contributed by atoms with Crippen molar-refractivity contribution in [3.05, 3.63) is 22.9 Å². The summed E-state index contributed by atoms with van der Waals surface area (Å²) in [5.74, 6) is -0.378. The van der Waals surface area contributed by atoms with Gasteiger partial charge in [-0.3, -0.25) is 0 Å². The third kappa shape index (κ3) is 1.65. The number of carbonyl (C=O) groups excluding carboxylic acids is 1. The molecule has 5 heteroatoms. The lowest BCUT2D eigenvalue weighted by atomic mass is 10.0. The van der Waals surface area contributed by atoms with Crippen LogP contribution in [0.1, 0.15) is 21.6 Å². The highest BCUT2D eigenvalue weighted by Gasteiger charge is 2.22. The van der Waals surface area contributed by atoms with E-state index in [9.17, 15) is 9.90 Å². The predicted molar refractivity (Wildman–Crippen MR) is 51.9 cm³/mol. The lowest BCUT2D eigenvalue weighted by Crippen LogP contribution is -2.19. The fourth-order valence-corrected chi connectivity index (χ4v) is 1.52. The van der Waals surface area contributed by atoms with Crippen LogP contribution in [0, 0.1) is 6.92 Å². The zero-order valence-corrected chi connectivity index (χ0v) is 8.43. The molecule has 1 N–H and O–H groups in total. The summed E-state index contributed by atoms with van der Waals surface area (Å²) >= 11 is 0. The van der Waals surface area contributed by atoms with Gasteiger partial charge in [0.25, 0.3) is 0 Å². The molecule has 4 nitrogen and oxygen atoms in total. The van der Waals surface area contributed by atoms with Crippen LogP contribution in [0.2, 0.25) is 0 Å². The molecule has 0 fully saturated rings. The van der Waals surface area contributed by atoms with Crippen LogP contribution in [0.3, 0.4) is 0 Å². The second-order valence-electron chi connectivity index (χ2n) is 2.99. The van der Waals surface area contributed by atoms with Crippen LogP contribution in [0.4, 0.5) is 0 Å². The number of fused-ring (bicyclic) bond motifs is 1. The predicted octanol–water partition coefficient (Wildman–Crippen LogP) is 1.23. The molecule has 0 saturated carbocycles. The molecule has 0 spiro atoms. The maximum absolute atomic E-state index is 11.3. The first-order valence-electron chi connectivity index (χ1n) is 4.05. The van der Waals surface area contributed by atoms with Crippen LogP contribution >= 0.6 is 12.4 Å². The molecular weight excluding hydrogens is 206 g/mol. The zero-order chi connectivity index (χ0) is 9.42. The molecule has 1 aliphatic rings. The quantitative estimate of drug-likeness (QED) is 0.662. The van der Waals surface area contributed by atoms with Crippen LogP contribution in [-0.2, 0) is 11.2 Å².